The van der Waals surface area contributed by atoms with Crippen molar-refractivity contribution in [3.63, 3.8) is 0 Å². The van der Waals surface area contributed by atoms with Crippen LogP contribution in [0.4, 0.5) is 8.78 Å². The van der Waals surface area contributed by atoms with Gasteiger partial charge in [-0.05, 0) is 247 Å². The maximum absolute atomic E-state index is 13.3. The number of fused-ring (bicyclic) bond motifs is 7. The minimum absolute atomic E-state index is 0.138. The molecule has 14 aromatic rings. The van der Waals surface area contributed by atoms with Crippen molar-refractivity contribution >= 4 is 21.5 Å². The Kier molecular flexibility index (Phi) is 24.1. The average molecular weight is 1490 g/mol. The third-order valence-corrected chi connectivity index (χ3v) is 23.8. The summed E-state index contributed by atoms with van der Waals surface area (Å²) < 4.78 is 26.2. The number of nitrogens with one attached hydrogen (secondary N) is 4. The topological polar surface area (TPSA) is 88.6 Å². The standard InChI is InChI=1S/C48H37NO2.C21H27N.C19H23N.C17H17F2N/c50-47(35-19-5-1-6-20-35,36-21-7-2-8-22-36)43-29-33-17-13-15-27-39(33)45-41(43)31-49-32-42-44(30-34-18-14-16-28-40(34)46(42)45)48(51,37-23-9-3-10-24-37)38-25-11-4-12-26-38;1-14-8-15(2)11-18(10-14)21(20-6-5-7-22-20)19-12-16(3)9-17(4)13-19;1-14-5-9-16(10-6-14)19(18-4-3-13-20-18)17-11-7-15(2)8-12-17;18-14-7-3-12(4-8-14)17(16-2-1-11-20-16)13-5-9-15(19)10-6-13/h1-30,49-51H,31-32H2;8-13,20-22H,5-7H2,1-4H3;5-12,18-20H,3-4,13H2,1-2H3;3-10,16-17,20H,1-2,11H2/t;20-;18-;16-/m.111/s1. The molecule has 113 heavy (non-hydrogen) atoms. The number of rotatable bonds is 15. The SMILES string of the molecule is Cc1cc(C)cc(C(c2cc(C)cc(C)c2)[C@H]2CCCN2)c1.Cc1ccc(C(c2ccc(C)cc2)[C@H]2CCCN2)cc1.Fc1ccc(C(c2ccc(F)cc2)[C@H]2CCCN2)cc1.OC(c1ccccc1)(c1ccccc1)c1cc2ccccc2c2c1CNCc1c(C(O)(c3ccccc3)c3ccccc3)cc3ccccc3c1-2. The summed E-state index contributed by atoms with van der Waals surface area (Å²) in [5, 5.41) is 45.6. The van der Waals surface area contributed by atoms with Gasteiger partial charge in [0.2, 0.25) is 0 Å². The summed E-state index contributed by atoms with van der Waals surface area (Å²) in [6.45, 7) is 17.5. The van der Waals surface area contributed by atoms with Crippen LogP contribution in [0.15, 0.2) is 315 Å². The van der Waals surface area contributed by atoms with Crippen LogP contribution in [-0.4, -0.2) is 48.0 Å². The zero-order chi connectivity index (χ0) is 78.0. The second-order valence-corrected chi connectivity index (χ2v) is 31.8. The molecule has 0 saturated carbocycles. The van der Waals surface area contributed by atoms with Gasteiger partial charge in [0.1, 0.15) is 22.8 Å². The number of halogens is 2. The summed E-state index contributed by atoms with van der Waals surface area (Å²) in [6.07, 6.45) is 7.34. The predicted molar refractivity (Wildman–Crippen MR) is 463 cm³/mol. The molecule has 4 aliphatic heterocycles. The maximum atomic E-state index is 13.3. The molecule has 6 nitrogen and oxygen atoms in total. The van der Waals surface area contributed by atoms with E-state index in [0.717, 1.165) is 121 Å². The summed E-state index contributed by atoms with van der Waals surface area (Å²) in [4.78, 5) is 0. The monoisotopic (exact) mass is 1490 g/mol. The van der Waals surface area contributed by atoms with Gasteiger partial charge in [-0.3, -0.25) is 0 Å². The number of hydrogen-bond donors (Lipinski definition) is 6. The molecule has 0 spiro atoms. The van der Waals surface area contributed by atoms with E-state index < -0.39 is 11.2 Å². The van der Waals surface area contributed by atoms with Crippen LogP contribution < -0.4 is 21.3 Å². The largest absolute Gasteiger partial charge is 0.376 e. The molecule has 4 aliphatic rings. The quantitative estimate of drug-likeness (QED) is 0.0574. The molecule has 3 saturated heterocycles. The molecule has 0 bridgehead atoms. The highest BCUT2D eigenvalue weighted by molar-refractivity contribution is 6.09. The van der Waals surface area contributed by atoms with Crippen molar-refractivity contribution < 1.29 is 19.0 Å². The minimum Gasteiger partial charge on any atom is -0.376 e. The fraction of sp³-hybridized carbons (Fsp3) is 0.238. The molecule has 18 rings (SSSR count). The molecular weight excluding hydrogens is 1390 g/mol. The summed E-state index contributed by atoms with van der Waals surface area (Å²) in [5.41, 5.74) is 22.3. The molecular formula is C105H104F2N4O2. The first-order valence-corrected chi connectivity index (χ1v) is 40.6. The van der Waals surface area contributed by atoms with Gasteiger partial charge in [-0.2, -0.15) is 0 Å². The van der Waals surface area contributed by atoms with Gasteiger partial charge in [-0.25, -0.2) is 8.78 Å². The lowest BCUT2D eigenvalue weighted by atomic mass is 9.73. The van der Waals surface area contributed by atoms with Crippen LogP contribution in [0, 0.1) is 53.2 Å². The molecule has 0 unspecified atom stereocenters. The Balaban J connectivity index is 0.000000134. The summed E-state index contributed by atoms with van der Waals surface area (Å²) >= 11 is 0. The van der Waals surface area contributed by atoms with Gasteiger partial charge in [0.05, 0.1) is 0 Å². The number of hydrogen-bond acceptors (Lipinski definition) is 6. The maximum Gasteiger partial charge on any atom is 0.140 e. The Morgan fingerprint density at radius 3 is 0.867 bits per heavy atom. The van der Waals surface area contributed by atoms with Crippen LogP contribution in [0.25, 0.3) is 32.7 Å². The zero-order valence-corrected chi connectivity index (χ0v) is 65.9. The van der Waals surface area contributed by atoms with E-state index in [1.165, 1.54) is 106 Å². The van der Waals surface area contributed by atoms with Crippen molar-refractivity contribution in [3.05, 3.63) is 438 Å². The highest BCUT2D eigenvalue weighted by Crippen LogP contribution is 2.51. The second-order valence-electron chi connectivity index (χ2n) is 31.8. The first-order chi connectivity index (χ1) is 55.1. The lowest BCUT2D eigenvalue weighted by Gasteiger charge is -2.34. The predicted octanol–water partition coefficient (Wildman–Crippen LogP) is 22.7. The van der Waals surface area contributed by atoms with E-state index in [9.17, 15) is 19.0 Å². The Bertz CT molecular complexity index is 4960. The van der Waals surface area contributed by atoms with Crippen molar-refractivity contribution in [2.75, 3.05) is 19.6 Å². The fourth-order valence-corrected chi connectivity index (χ4v) is 18.6. The Morgan fingerprint density at radius 1 is 0.301 bits per heavy atom. The molecule has 0 amide bonds. The molecule has 4 heterocycles. The summed E-state index contributed by atoms with van der Waals surface area (Å²) in [7, 11) is 0. The third-order valence-electron chi connectivity index (χ3n) is 23.8. The Morgan fingerprint density at radius 2 is 0.575 bits per heavy atom. The van der Waals surface area contributed by atoms with Crippen LogP contribution >= 0.6 is 0 Å². The molecule has 6 N–H and O–H groups in total. The van der Waals surface area contributed by atoms with Crippen molar-refractivity contribution in [3.8, 4) is 11.1 Å². The van der Waals surface area contributed by atoms with Crippen LogP contribution in [-0.2, 0) is 24.3 Å². The molecule has 0 aliphatic carbocycles. The highest BCUT2D eigenvalue weighted by atomic mass is 19.1. The molecule has 3 atom stereocenters. The molecule has 0 aromatic heterocycles. The Labute approximate surface area is 667 Å². The van der Waals surface area contributed by atoms with Crippen molar-refractivity contribution in [2.45, 2.75) is 140 Å². The molecule has 570 valence electrons. The smallest absolute Gasteiger partial charge is 0.140 e. The number of aryl methyl sites for hydroxylation is 6. The van der Waals surface area contributed by atoms with E-state index in [2.05, 4.69) is 208 Å². The van der Waals surface area contributed by atoms with Crippen LogP contribution in [0.5, 0.6) is 0 Å². The van der Waals surface area contributed by atoms with Gasteiger partial charge in [0.15, 0.2) is 0 Å². The Hall–Kier alpha value is -10.8. The van der Waals surface area contributed by atoms with E-state index in [1.54, 1.807) is 0 Å². The minimum atomic E-state index is -1.44. The molecule has 0 radical (unpaired) electrons. The van der Waals surface area contributed by atoms with E-state index >= 15 is 0 Å². The van der Waals surface area contributed by atoms with E-state index in [4.69, 9.17) is 0 Å². The highest BCUT2D eigenvalue weighted by Gasteiger charge is 2.42. The average Bonchev–Trinajstić information content (AvgIpc) is 1.70. The van der Waals surface area contributed by atoms with Gasteiger partial charge in [0.25, 0.3) is 0 Å². The van der Waals surface area contributed by atoms with Gasteiger partial charge in [-0.1, -0.05) is 312 Å². The van der Waals surface area contributed by atoms with Gasteiger partial charge in [0, 0.05) is 49.0 Å². The van der Waals surface area contributed by atoms with Gasteiger partial charge in [-0.15, -0.1) is 0 Å². The number of benzene rings is 14. The molecule has 14 aromatic carbocycles. The number of aliphatic hydroxyl groups is 2. The van der Waals surface area contributed by atoms with Crippen LogP contribution in [0.3, 0.4) is 0 Å². The van der Waals surface area contributed by atoms with Gasteiger partial charge >= 0.3 is 0 Å². The molecule has 3 fully saturated rings. The van der Waals surface area contributed by atoms with Gasteiger partial charge < -0.3 is 31.5 Å². The normalized spacial score (nSPS) is 16.0. The zero-order valence-electron chi connectivity index (χ0n) is 65.9. The first kappa shape index (κ1) is 77.5. The van der Waals surface area contributed by atoms with Crippen molar-refractivity contribution in [2.24, 2.45) is 0 Å². The van der Waals surface area contributed by atoms with E-state index in [-0.39, 0.29) is 17.6 Å². The lowest BCUT2D eigenvalue weighted by Crippen LogP contribution is -2.31. The third kappa shape index (κ3) is 17.0. The summed E-state index contributed by atoms with van der Waals surface area (Å²) in [6, 6.07) is 108. The van der Waals surface area contributed by atoms with E-state index in [1.807, 2.05) is 146 Å². The van der Waals surface area contributed by atoms with E-state index in [0.29, 0.717) is 43.1 Å². The molecule has 8 heteroatoms. The summed E-state index contributed by atoms with van der Waals surface area (Å²) in [5.74, 6) is 0.606. The lowest BCUT2D eigenvalue weighted by molar-refractivity contribution is 0.124. The fourth-order valence-electron chi connectivity index (χ4n) is 18.6. The second kappa shape index (κ2) is 35.1. The van der Waals surface area contributed by atoms with Crippen LogP contribution in [0.1, 0.15) is 168 Å². The van der Waals surface area contributed by atoms with Crippen molar-refractivity contribution in [1.29, 1.82) is 0 Å². The van der Waals surface area contributed by atoms with Crippen molar-refractivity contribution in [1.82, 2.24) is 21.3 Å². The first-order valence-electron chi connectivity index (χ1n) is 40.6. The van der Waals surface area contributed by atoms with Crippen LogP contribution in [0.2, 0.25) is 0 Å².